The second-order valence-corrected chi connectivity index (χ2v) is 10.4. The second-order valence-electron chi connectivity index (χ2n) is 7.79. The van der Waals surface area contributed by atoms with E-state index in [-0.39, 0.29) is 11.4 Å². The van der Waals surface area contributed by atoms with Crippen LogP contribution in [0.2, 0.25) is 0 Å². The van der Waals surface area contributed by atoms with Gasteiger partial charge in [-0.25, -0.2) is 15.0 Å². The highest BCUT2D eigenvalue weighted by Gasteiger charge is 2.26. The van der Waals surface area contributed by atoms with Crippen molar-refractivity contribution >= 4 is 45.0 Å². The van der Waals surface area contributed by atoms with E-state index in [4.69, 9.17) is 16.5 Å². The van der Waals surface area contributed by atoms with E-state index < -0.39 is 0 Å². The van der Waals surface area contributed by atoms with E-state index >= 15 is 0 Å². The Bertz CT molecular complexity index is 953. The molecule has 0 atom stereocenters. The minimum Gasteiger partial charge on any atom is -0.397 e. The molecular weight excluding hydrogens is 362 g/mol. The standard InChI is InChI=1S/C19H23N5S2/c1-19(2,3)12-7-13(10-8-22-18(21)23-9-10)24-16-14(12)15(20)17(26-16)25-11-5-4-6-11/h7-9,11H,4-6,20H2,1-3H3,(H2,21,22,23). The first kappa shape index (κ1) is 17.5. The van der Waals surface area contributed by atoms with Crippen molar-refractivity contribution in [1.29, 1.82) is 0 Å². The highest BCUT2D eigenvalue weighted by atomic mass is 32.2. The van der Waals surface area contributed by atoms with Crippen molar-refractivity contribution < 1.29 is 0 Å². The van der Waals surface area contributed by atoms with Gasteiger partial charge in [-0.3, -0.25) is 0 Å². The highest BCUT2D eigenvalue weighted by molar-refractivity contribution is 8.02. The molecule has 0 aliphatic heterocycles. The molecule has 3 heterocycles. The van der Waals surface area contributed by atoms with Gasteiger partial charge >= 0.3 is 0 Å². The van der Waals surface area contributed by atoms with E-state index in [9.17, 15) is 0 Å². The summed E-state index contributed by atoms with van der Waals surface area (Å²) in [6.07, 6.45) is 7.35. The Morgan fingerprint density at radius 2 is 1.85 bits per heavy atom. The molecule has 136 valence electrons. The molecule has 3 aromatic rings. The lowest BCUT2D eigenvalue weighted by Crippen LogP contribution is -2.13. The number of nitrogens with zero attached hydrogens (tertiary/aromatic N) is 3. The third kappa shape index (κ3) is 3.14. The van der Waals surface area contributed by atoms with Crippen molar-refractivity contribution in [2.45, 2.75) is 54.9 Å². The van der Waals surface area contributed by atoms with E-state index in [0.29, 0.717) is 5.25 Å². The maximum Gasteiger partial charge on any atom is 0.219 e. The van der Waals surface area contributed by atoms with Crippen LogP contribution in [0, 0.1) is 0 Å². The molecule has 1 fully saturated rings. The van der Waals surface area contributed by atoms with E-state index in [2.05, 4.69) is 36.8 Å². The number of hydrogen-bond donors (Lipinski definition) is 2. The minimum atomic E-state index is -0.0434. The maximum atomic E-state index is 6.58. The fraction of sp³-hybridized carbons (Fsp3) is 0.421. The molecule has 0 radical (unpaired) electrons. The average Bonchev–Trinajstić information content (AvgIpc) is 2.86. The van der Waals surface area contributed by atoms with Gasteiger partial charge in [0.1, 0.15) is 4.83 Å². The van der Waals surface area contributed by atoms with Crippen LogP contribution in [0.1, 0.15) is 45.6 Å². The van der Waals surface area contributed by atoms with Crippen LogP contribution < -0.4 is 11.5 Å². The van der Waals surface area contributed by atoms with Crippen LogP contribution in [-0.4, -0.2) is 20.2 Å². The molecule has 1 aliphatic carbocycles. The summed E-state index contributed by atoms with van der Waals surface area (Å²) in [6, 6.07) is 2.12. The summed E-state index contributed by atoms with van der Waals surface area (Å²) >= 11 is 3.62. The molecule has 0 bridgehead atoms. The first-order valence-electron chi connectivity index (χ1n) is 8.81. The van der Waals surface area contributed by atoms with E-state index in [0.717, 1.165) is 27.2 Å². The second kappa shape index (κ2) is 6.39. The predicted molar refractivity (Wildman–Crippen MR) is 112 cm³/mol. The predicted octanol–water partition coefficient (Wildman–Crippen LogP) is 4.86. The van der Waals surface area contributed by atoms with Crippen molar-refractivity contribution in [2.75, 3.05) is 11.5 Å². The van der Waals surface area contributed by atoms with Crippen LogP contribution in [-0.2, 0) is 5.41 Å². The number of thioether (sulfide) groups is 1. The summed E-state index contributed by atoms with van der Waals surface area (Å²) in [5.41, 5.74) is 16.0. The van der Waals surface area contributed by atoms with Crippen LogP contribution in [0.3, 0.4) is 0 Å². The normalized spacial score (nSPS) is 15.3. The van der Waals surface area contributed by atoms with Gasteiger partial charge in [-0.1, -0.05) is 27.2 Å². The molecule has 7 heteroatoms. The quantitative estimate of drug-likeness (QED) is 0.669. The number of rotatable bonds is 3. The SMILES string of the molecule is CC(C)(C)c1cc(-c2cnc(N)nc2)nc2sc(SC3CCC3)c(N)c12. The minimum absolute atomic E-state index is 0.0434. The number of fused-ring (bicyclic) bond motifs is 1. The fourth-order valence-electron chi connectivity index (χ4n) is 3.04. The Balaban J connectivity index is 1.88. The van der Waals surface area contributed by atoms with Crippen LogP contribution in [0.25, 0.3) is 21.5 Å². The molecule has 0 aromatic carbocycles. The Kier molecular flexibility index (Phi) is 4.31. The Morgan fingerprint density at radius 1 is 1.15 bits per heavy atom. The first-order chi connectivity index (χ1) is 12.3. The molecular formula is C19H23N5S2. The van der Waals surface area contributed by atoms with Gasteiger partial charge in [-0.15, -0.1) is 23.1 Å². The molecule has 0 spiro atoms. The molecule has 26 heavy (non-hydrogen) atoms. The molecule has 1 aliphatic rings. The monoisotopic (exact) mass is 385 g/mol. The summed E-state index contributed by atoms with van der Waals surface area (Å²) in [5, 5.41) is 1.80. The van der Waals surface area contributed by atoms with E-state index in [1.165, 1.54) is 29.0 Å². The lowest BCUT2D eigenvalue weighted by atomic mass is 9.84. The molecule has 1 saturated carbocycles. The Hall–Kier alpha value is -1.86. The van der Waals surface area contributed by atoms with Crippen LogP contribution in [0.4, 0.5) is 11.6 Å². The van der Waals surface area contributed by atoms with Crippen molar-refractivity contribution in [2.24, 2.45) is 0 Å². The van der Waals surface area contributed by atoms with Crippen LogP contribution >= 0.6 is 23.1 Å². The molecule has 4 rings (SSSR count). The molecule has 3 aromatic heterocycles. The first-order valence-corrected chi connectivity index (χ1v) is 10.5. The Morgan fingerprint density at radius 3 is 2.42 bits per heavy atom. The lowest BCUT2D eigenvalue weighted by Gasteiger charge is -2.24. The van der Waals surface area contributed by atoms with Crippen LogP contribution in [0.5, 0.6) is 0 Å². The smallest absolute Gasteiger partial charge is 0.219 e. The molecule has 0 saturated heterocycles. The third-order valence-corrected chi connectivity index (χ3v) is 7.44. The number of anilines is 2. The number of aromatic nitrogens is 3. The number of hydrogen-bond acceptors (Lipinski definition) is 7. The number of nitrogens with two attached hydrogens (primary N) is 2. The van der Waals surface area contributed by atoms with Gasteiger partial charge in [-0.2, -0.15) is 0 Å². The van der Waals surface area contributed by atoms with Crippen molar-refractivity contribution in [3.8, 4) is 11.3 Å². The molecule has 4 N–H and O–H groups in total. The topological polar surface area (TPSA) is 90.7 Å². The van der Waals surface area contributed by atoms with Gasteiger partial charge in [0.05, 0.1) is 15.6 Å². The summed E-state index contributed by atoms with van der Waals surface area (Å²) in [7, 11) is 0. The van der Waals surface area contributed by atoms with Gasteiger partial charge in [0.2, 0.25) is 5.95 Å². The van der Waals surface area contributed by atoms with E-state index in [1.807, 2.05) is 11.8 Å². The van der Waals surface area contributed by atoms with Gasteiger partial charge < -0.3 is 11.5 Å². The van der Waals surface area contributed by atoms with Gasteiger partial charge in [0, 0.05) is 28.6 Å². The zero-order chi connectivity index (χ0) is 18.5. The van der Waals surface area contributed by atoms with Crippen molar-refractivity contribution in [3.05, 3.63) is 24.0 Å². The summed E-state index contributed by atoms with van der Waals surface area (Å²) in [4.78, 5) is 14.1. The maximum absolute atomic E-state index is 6.58. The third-order valence-electron chi connectivity index (χ3n) is 4.77. The fourth-order valence-corrected chi connectivity index (χ4v) is 5.83. The van der Waals surface area contributed by atoms with Crippen molar-refractivity contribution in [3.63, 3.8) is 0 Å². The highest BCUT2D eigenvalue weighted by Crippen LogP contribution is 2.48. The average molecular weight is 386 g/mol. The van der Waals surface area contributed by atoms with E-state index in [1.54, 1.807) is 23.7 Å². The lowest BCUT2D eigenvalue weighted by molar-refractivity contribution is 0.522. The van der Waals surface area contributed by atoms with Gasteiger partial charge in [-0.05, 0) is 29.9 Å². The molecule has 5 nitrogen and oxygen atoms in total. The molecule has 0 unspecified atom stereocenters. The van der Waals surface area contributed by atoms with Crippen molar-refractivity contribution in [1.82, 2.24) is 15.0 Å². The zero-order valence-electron chi connectivity index (χ0n) is 15.2. The summed E-state index contributed by atoms with van der Waals surface area (Å²) in [6.45, 7) is 6.63. The Labute approximate surface area is 161 Å². The van der Waals surface area contributed by atoms with Gasteiger partial charge in [0.25, 0.3) is 0 Å². The summed E-state index contributed by atoms with van der Waals surface area (Å²) < 4.78 is 1.20. The zero-order valence-corrected chi connectivity index (χ0v) is 16.9. The summed E-state index contributed by atoms with van der Waals surface area (Å²) in [5.74, 6) is 0.269. The number of nitrogen functional groups attached to an aromatic ring is 2. The van der Waals surface area contributed by atoms with Crippen LogP contribution in [0.15, 0.2) is 22.7 Å². The largest absolute Gasteiger partial charge is 0.397 e. The number of thiophene rings is 1. The molecule has 0 amide bonds. The van der Waals surface area contributed by atoms with Gasteiger partial charge in [0.15, 0.2) is 0 Å². The number of pyridine rings is 1.